The van der Waals surface area contributed by atoms with Crippen molar-refractivity contribution >= 4 is 17.5 Å². The van der Waals surface area contributed by atoms with Crippen LogP contribution < -0.4 is 0 Å². The van der Waals surface area contributed by atoms with Crippen molar-refractivity contribution in [1.29, 1.82) is 0 Å². The maximum atomic E-state index is 13.2. The molecule has 0 heterocycles. The van der Waals surface area contributed by atoms with Crippen LogP contribution in [0.4, 0.5) is 0 Å². The van der Waals surface area contributed by atoms with Gasteiger partial charge in [-0.3, -0.25) is 14.4 Å². The SMILES string of the molecule is CCOCCC(=O)OCC(=O)[C@@]1(O)CC[C@H]2[C@@H]3CCC4=CC(=O)CC[C@]4(C)[C@H]3[C@@H](O)C[C@@]21C. The molecular formula is C26H38O7. The number of carbonyl (C=O) groups is 3. The topological polar surface area (TPSA) is 110 Å². The summed E-state index contributed by atoms with van der Waals surface area (Å²) < 4.78 is 10.3. The van der Waals surface area contributed by atoms with Crippen LogP contribution in [0.5, 0.6) is 0 Å². The Kier molecular flexibility index (Phi) is 6.62. The molecule has 0 spiro atoms. The van der Waals surface area contributed by atoms with Crippen LogP contribution in [0.2, 0.25) is 0 Å². The van der Waals surface area contributed by atoms with Crippen molar-refractivity contribution < 1.29 is 34.1 Å². The Balaban J connectivity index is 1.51. The molecule has 7 nitrogen and oxygen atoms in total. The molecular weight excluding hydrogens is 424 g/mol. The number of ether oxygens (including phenoxy) is 2. The lowest BCUT2D eigenvalue weighted by Crippen LogP contribution is -2.62. The van der Waals surface area contributed by atoms with Crippen molar-refractivity contribution in [2.75, 3.05) is 19.8 Å². The van der Waals surface area contributed by atoms with E-state index >= 15 is 0 Å². The van der Waals surface area contributed by atoms with Gasteiger partial charge in [-0.2, -0.15) is 0 Å². The van der Waals surface area contributed by atoms with Crippen LogP contribution in [0.1, 0.15) is 72.1 Å². The second-order valence-electron chi connectivity index (χ2n) is 11.0. The fourth-order valence-corrected chi connectivity index (χ4v) is 7.79. The molecule has 4 rings (SSSR count). The number of carbonyl (C=O) groups excluding carboxylic acids is 3. The average molecular weight is 463 g/mol. The molecule has 0 aromatic heterocycles. The number of allylic oxidation sites excluding steroid dienone is 1. The molecule has 3 saturated carbocycles. The highest BCUT2D eigenvalue weighted by atomic mass is 16.5. The molecule has 4 aliphatic carbocycles. The monoisotopic (exact) mass is 462 g/mol. The summed E-state index contributed by atoms with van der Waals surface area (Å²) in [5.41, 5.74) is -1.45. The number of rotatable bonds is 7. The number of fused-ring (bicyclic) bond motifs is 5. The normalized spacial score (nSPS) is 42.1. The molecule has 7 atom stereocenters. The van der Waals surface area contributed by atoms with Crippen molar-refractivity contribution in [2.45, 2.75) is 83.8 Å². The second kappa shape index (κ2) is 8.90. The molecule has 33 heavy (non-hydrogen) atoms. The van der Waals surface area contributed by atoms with E-state index in [2.05, 4.69) is 6.92 Å². The van der Waals surface area contributed by atoms with Crippen LogP contribution in [0.25, 0.3) is 0 Å². The minimum Gasteiger partial charge on any atom is -0.457 e. The van der Waals surface area contributed by atoms with Crippen LogP contribution in [-0.2, 0) is 23.9 Å². The summed E-state index contributed by atoms with van der Waals surface area (Å²) in [6, 6.07) is 0. The Bertz CT molecular complexity index is 850. The summed E-state index contributed by atoms with van der Waals surface area (Å²) in [7, 11) is 0. The van der Waals surface area contributed by atoms with Gasteiger partial charge in [-0.15, -0.1) is 0 Å². The first-order valence-corrected chi connectivity index (χ1v) is 12.5. The van der Waals surface area contributed by atoms with E-state index in [0.717, 1.165) is 24.8 Å². The van der Waals surface area contributed by atoms with Crippen molar-refractivity contribution in [3.63, 3.8) is 0 Å². The maximum Gasteiger partial charge on any atom is 0.308 e. The first kappa shape index (κ1) is 24.6. The first-order valence-electron chi connectivity index (χ1n) is 12.5. The van der Waals surface area contributed by atoms with Crippen LogP contribution in [0.3, 0.4) is 0 Å². The number of hydrogen-bond acceptors (Lipinski definition) is 7. The van der Waals surface area contributed by atoms with Crippen molar-refractivity contribution in [3.8, 4) is 0 Å². The van der Waals surface area contributed by atoms with Gasteiger partial charge in [0.25, 0.3) is 0 Å². The highest BCUT2D eigenvalue weighted by molar-refractivity contribution is 5.92. The average Bonchev–Trinajstić information content (AvgIpc) is 3.03. The van der Waals surface area contributed by atoms with Gasteiger partial charge in [-0.25, -0.2) is 0 Å². The van der Waals surface area contributed by atoms with E-state index in [4.69, 9.17) is 9.47 Å². The molecule has 0 unspecified atom stereocenters. The lowest BCUT2D eigenvalue weighted by Gasteiger charge is -2.60. The molecule has 0 saturated heterocycles. The van der Waals surface area contributed by atoms with Crippen molar-refractivity contribution in [3.05, 3.63) is 11.6 Å². The summed E-state index contributed by atoms with van der Waals surface area (Å²) in [6.45, 7) is 6.23. The van der Waals surface area contributed by atoms with E-state index in [-0.39, 0.29) is 42.0 Å². The summed E-state index contributed by atoms with van der Waals surface area (Å²) in [5, 5.41) is 23.1. The van der Waals surface area contributed by atoms with Crippen molar-refractivity contribution in [2.24, 2.45) is 28.6 Å². The highest BCUT2D eigenvalue weighted by Gasteiger charge is 2.68. The van der Waals surface area contributed by atoms with E-state index in [0.29, 0.717) is 32.3 Å². The van der Waals surface area contributed by atoms with E-state index in [9.17, 15) is 24.6 Å². The third kappa shape index (κ3) is 3.90. The summed E-state index contributed by atoms with van der Waals surface area (Å²) in [5.74, 6) is -0.511. The van der Waals surface area contributed by atoms with E-state index in [1.165, 1.54) is 0 Å². The molecule has 0 aliphatic heterocycles. The molecule has 0 radical (unpaired) electrons. The third-order valence-corrected chi connectivity index (χ3v) is 9.53. The van der Waals surface area contributed by atoms with Crippen LogP contribution >= 0.6 is 0 Å². The molecule has 4 aliphatic rings. The van der Waals surface area contributed by atoms with Crippen LogP contribution in [-0.4, -0.2) is 59.3 Å². The van der Waals surface area contributed by atoms with Gasteiger partial charge in [0.2, 0.25) is 5.78 Å². The Hall–Kier alpha value is -1.57. The number of aliphatic hydroxyl groups is 2. The summed E-state index contributed by atoms with van der Waals surface area (Å²) >= 11 is 0. The minimum atomic E-state index is -1.62. The summed E-state index contributed by atoms with van der Waals surface area (Å²) in [6.07, 6.45) is 5.50. The largest absolute Gasteiger partial charge is 0.457 e. The maximum absolute atomic E-state index is 13.2. The van der Waals surface area contributed by atoms with Crippen molar-refractivity contribution in [1.82, 2.24) is 0 Å². The Morgan fingerprint density at radius 3 is 2.67 bits per heavy atom. The smallest absolute Gasteiger partial charge is 0.308 e. The summed E-state index contributed by atoms with van der Waals surface area (Å²) in [4.78, 5) is 37.1. The molecule has 184 valence electrons. The van der Waals surface area contributed by atoms with Gasteiger partial charge < -0.3 is 19.7 Å². The number of Topliss-reactive ketones (excluding diaryl/α,β-unsaturated/α-hetero) is 1. The molecule has 3 fully saturated rings. The number of ketones is 2. The zero-order valence-corrected chi connectivity index (χ0v) is 20.1. The van der Waals surface area contributed by atoms with Gasteiger partial charge in [0.15, 0.2) is 12.4 Å². The predicted octanol–water partition coefficient (Wildman–Crippen LogP) is 2.76. The first-order chi connectivity index (χ1) is 15.6. The van der Waals surface area contributed by atoms with E-state index in [1.807, 2.05) is 13.8 Å². The standard InChI is InChI=1S/C26H38O7/c1-4-32-12-9-22(30)33-15-21(29)26(31)11-8-19-18-6-5-16-13-17(27)7-10-24(16,2)23(18)20(28)14-25(19,26)3/h13,18-20,23,28,31H,4-12,14-15H2,1-3H3/t18-,19-,20-,23+,24-,25-,26-/m0/s1. The third-order valence-electron chi connectivity index (χ3n) is 9.53. The van der Waals surface area contributed by atoms with E-state index in [1.54, 1.807) is 6.08 Å². The van der Waals surface area contributed by atoms with Gasteiger partial charge in [0.1, 0.15) is 5.60 Å². The molecule has 0 aromatic carbocycles. The quantitative estimate of drug-likeness (QED) is 0.442. The van der Waals surface area contributed by atoms with Gasteiger partial charge >= 0.3 is 5.97 Å². The number of aliphatic hydroxyl groups excluding tert-OH is 1. The number of esters is 1. The lowest BCUT2D eigenvalue weighted by atomic mass is 9.45. The minimum absolute atomic E-state index is 0.0255. The van der Waals surface area contributed by atoms with Gasteiger partial charge in [0.05, 0.1) is 19.1 Å². The van der Waals surface area contributed by atoms with Crippen LogP contribution in [0.15, 0.2) is 11.6 Å². The zero-order chi connectivity index (χ0) is 24.0. The molecule has 2 N–H and O–H groups in total. The van der Waals surface area contributed by atoms with Gasteiger partial charge in [0, 0.05) is 18.4 Å². The molecule has 7 heteroatoms. The highest BCUT2D eigenvalue weighted by Crippen LogP contribution is 2.67. The molecule has 0 bridgehead atoms. The van der Waals surface area contributed by atoms with Crippen LogP contribution in [0, 0.1) is 28.6 Å². The molecule has 0 amide bonds. The van der Waals surface area contributed by atoms with Gasteiger partial charge in [-0.1, -0.05) is 19.4 Å². The fourth-order valence-electron chi connectivity index (χ4n) is 7.79. The van der Waals surface area contributed by atoms with Gasteiger partial charge in [-0.05, 0) is 74.7 Å². The zero-order valence-electron chi connectivity index (χ0n) is 20.1. The number of hydrogen-bond donors (Lipinski definition) is 2. The lowest BCUT2D eigenvalue weighted by molar-refractivity contribution is -0.184. The predicted molar refractivity (Wildman–Crippen MR) is 120 cm³/mol. The Labute approximate surface area is 195 Å². The fraction of sp³-hybridized carbons (Fsp3) is 0.808. The Morgan fingerprint density at radius 1 is 1.18 bits per heavy atom. The molecule has 0 aromatic rings. The Morgan fingerprint density at radius 2 is 1.94 bits per heavy atom. The van der Waals surface area contributed by atoms with E-state index < -0.39 is 35.5 Å². The second-order valence-corrected chi connectivity index (χ2v) is 11.0.